The molecule has 3 rings (SSSR count). The molecule has 1 saturated heterocycles. The summed E-state index contributed by atoms with van der Waals surface area (Å²) in [5.41, 5.74) is 1.15. The van der Waals surface area contributed by atoms with Gasteiger partial charge in [-0.2, -0.15) is 0 Å². The highest BCUT2D eigenvalue weighted by Crippen LogP contribution is 2.33. The van der Waals surface area contributed by atoms with Crippen molar-refractivity contribution in [3.63, 3.8) is 0 Å². The van der Waals surface area contributed by atoms with Crippen LogP contribution in [0.5, 0.6) is 0 Å². The molecule has 2 heterocycles. The predicted molar refractivity (Wildman–Crippen MR) is 88.0 cm³/mol. The van der Waals surface area contributed by atoms with Crippen LogP contribution in [-0.2, 0) is 11.2 Å². The van der Waals surface area contributed by atoms with Crippen LogP contribution < -0.4 is 0 Å². The highest BCUT2D eigenvalue weighted by atomic mass is 16.2. The Kier molecular flexibility index (Phi) is 4.13. The van der Waals surface area contributed by atoms with E-state index in [1.807, 2.05) is 42.7 Å². The second kappa shape index (κ2) is 5.95. The van der Waals surface area contributed by atoms with Crippen LogP contribution >= 0.6 is 0 Å². The Hall–Kier alpha value is -1.91. The van der Waals surface area contributed by atoms with Crippen molar-refractivity contribution in [3.05, 3.63) is 29.6 Å². The van der Waals surface area contributed by atoms with Crippen LogP contribution in [0.4, 0.5) is 0 Å². The molecule has 23 heavy (non-hydrogen) atoms. The van der Waals surface area contributed by atoms with Crippen LogP contribution in [0.25, 0.3) is 0 Å². The molecule has 0 atom stereocenters. The van der Waals surface area contributed by atoms with E-state index < -0.39 is 0 Å². The summed E-state index contributed by atoms with van der Waals surface area (Å²) in [4.78, 5) is 33.4. The zero-order valence-electron chi connectivity index (χ0n) is 14.2. The fraction of sp³-hybridized carbons (Fsp3) is 0.611. The summed E-state index contributed by atoms with van der Waals surface area (Å²) in [6.45, 7) is 7.90. The lowest BCUT2D eigenvalue weighted by Gasteiger charge is -2.47. The summed E-state index contributed by atoms with van der Waals surface area (Å²) in [6, 6.07) is 3.83. The van der Waals surface area contributed by atoms with Gasteiger partial charge >= 0.3 is 0 Å². The number of rotatable bonds is 3. The van der Waals surface area contributed by atoms with Gasteiger partial charge in [0.15, 0.2) is 0 Å². The minimum absolute atomic E-state index is 0.0222. The minimum atomic E-state index is -0.373. The molecule has 1 saturated carbocycles. The van der Waals surface area contributed by atoms with Crippen molar-refractivity contribution in [1.82, 2.24) is 14.8 Å². The van der Waals surface area contributed by atoms with Crippen molar-refractivity contribution in [3.8, 4) is 0 Å². The molecule has 2 fully saturated rings. The zero-order valence-corrected chi connectivity index (χ0v) is 14.2. The Morgan fingerprint density at radius 3 is 2.65 bits per heavy atom. The van der Waals surface area contributed by atoms with E-state index in [-0.39, 0.29) is 23.3 Å². The third-order valence-corrected chi connectivity index (χ3v) is 4.86. The summed E-state index contributed by atoms with van der Waals surface area (Å²) in [5, 5.41) is 0. The molecule has 0 bridgehead atoms. The number of carbonyl (C=O) groups excluding carboxylic acids is 2. The Morgan fingerprint density at radius 1 is 1.30 bits per heavy atom. The van der Waals surface area contributed by atoms with Crippen molar-refractivity contribution in [2.45, 2.75) is 45.6 Å². The molecular formula is C18H25N3O2. The summed E-state index contributed by atoms with van der Waals surface area (Å²) in [5.74, 6) is 0.471. The van der Waals surface area contributed by atoms with Crippen LogP contribution in [0.3, 0.4) is 0 Å². The third kappa shape index (κ3) is 3.09. The summed E-state index contributed by atoms with van der Waals surface area (Å²) >= 11 is 0. The molecule has 0 aromatic carbocycles. The van der Waals surface area contributed by atoms with Crippen LogP contribution in [0.15, 0.2) is 18.3 Å². The predicted octanol–water partition coefficient (Wildman–Crippen LogP) is 2.12. The number of hydrogen-bond acceptors (Lipinski definition) is 3. The van der Waals surface area contributed by atoms with Crippen LogP contribution in [0.2, 0.25) is 0 Å². The average Bonchev–Trinajstić information content (AvgIpc) is 3.37. The Bertz CT molecular complexity index is 622. The first-order valence-electron chi connectivity index (χ1n) is 8.48. The number of piperazine rings is 1. The first kappa shape index (κ1) is 16.0. The van der Waals surface area contributed by atoms with Crippen LogP contribution in [0.1, 0.15) is 49.7 Å². The van der Waals surface area contributed by atoms with E-state index in [2.05, 4.69) is 4.98 Å². The van der Waals surface area contributed by atoms with Gasteiger partial charge in [0.05, 0.1) is 5.54 Å². The number of amides is 2. The largest absolute Gasteiger partial charge is 0.338 e. The normalized spacial score (nSPS) is 20.5. The Labute approximate surface area is 137 Å². The van der Waals surface area contributed by atoms with Crippen molar-refractivity contribution in [2.24, 2.45) is 5.92 Å². The highest BCUT2D eigenvalue weighted by Gasteiger charge is 2.42. The molecule has 2 amide bonds. The van der Waals surface area contributed by atoms with Gasteiger partial charge in [0.1, 0.15) is 5.69 Å². The van der Waals surface area contributed by atoms with E-state index in [9.17, 15) is 9.59 Å². The SMILES string of the molecule is CCc1cccnc1C(=O)N1CCN(C(=O)C2CC2)CC1(C)C. The Morgan fingerprint density at radius 2 is 2.04 bits per heavy atom. The molecule has 0 unspecified atom stereocenters. The lowest BCUT2D eigenvalue weighted by atomic mass is 9.97. The molecule has 5 nitrogen and oxygen atoms in total. The monoisotopic (exact) mass is 315 g/mol. The third-order valence-electron chi connectivity index (χ3n) is 4.86. The molecule has 124 valence electrons. The zero-order chi connectivity index (χ0) is 16.6. The number of aromatic nitrogens is 1. The number of hydrogen-bond donors (Lipinski definition) is 0. The molecule has 0 spiro atoms. The Balaban J connectivity index is 1.78. The molecule has 1 aromatic heterocycles. The van der Waals surface area contributed by atoms with E-state index in [1.165, 1.54) is 0 Å². The van der Waals surface area contributed by atoms with Gasteiger partial charge in [0.2, 0.25) is 5.91 Å². The quantitative estimate of drug-likeness (QED) is 0.858. The molecule has 1 aliphatic heterocycles. The van der Waals surface area contributed by atoms with Gasteiger partial charge in [-0.1, -0.05) is 13.0 Å². The molecule has 0 radical (unpaired) electrons. The number of aryl methyl sites for hydroxylation is 1. The molecule has 5 heteroatoms. The van der Waals surface area contributed by atoms with Crippen LogP contribution in [0, 0.1) is 5.92 Å². The van der Waals surface area contributed by atoms with Gasteiger partial charge in [-0.25, -0.2) is 0 Å². The average molecular weight is 315 g/mol. The van der Waals surface area contributed by atoms with Crippen LogP contribution in [-0.4, -0.2) is 51.8 Å². The first-order valence-corrected chi connectivity index (χ1v) is 8.48. The summed E-state index contributed by atoms with van der Waals surface area (Å²) < 4.78 is 0. The minimum Gasteiger partial charge on any atom is -0.338 e. The van der Waals surface area contributed by atoms with Crippen molar-refractivity contribution in [1.29, 1.82) is 0 Å². The number of pyridine rings is 1. The van der Waals surface area contributed by atoms with Gasteiger partial charge in [-0.05, 0) is 44.7 Å². The second-order valence-corrected chi connectivity index (χ2v) is 7.17. The second-order valence-electron chi connectivity index (χ2n) is 7.17. The topological polar surface area (TPSA) is 53.5 Å². The van der Waals surface area contributed by atoms with Crippen molar-refractivity contribution in [2.75, 3.05) is 19.6 Å². The number of carbonyl (C=O) groups is 2. The molecule has 1 aliphatic carbocycles. The maximum absolute atomic E-state index is 13.0. The highest BCUT2D eigenvalue weighted by molar-refractivity contribution is 5.94. The van der Waals surface area contributed by atoms with E-state index >= 15 is 0 Å². The summed E-state index contributed by atoms with van der Waals surface area (Å²) in [6.07, 6.45) is 4.50. The molecule has 2 aliphatic rings. The van der Waals surface area contributed by atoms with E-state index in [0.717, 1.165) is 24.8 Å². The van der Waals surface area contributed by atoms with Gasteiger partial charge < -0.3 is 9.80 Å². The van der Waals surface area contributed by atoms with Gasteiger partial charge in [0, 0.05) is 31.7 Å². The maximum atomic E-state index is 13.0. The van der Waals surface area contributed by atoms with Crippen molar-refractivity contribution < 1.29 is 9.59 Å². The molecular weight excluding hydrogens is 290 g/mol. The smallest absolute Gasteiger partial charge is 0.273 e. The van der Waals surface area contributed by atoms with E-state index in [4.69, 9.17) is 0 Å². The number of nitrogens with zero attached hydrogens (tertiary/aromatic N) is 3. The van der Waals surface area contributed by atoms with Gasteiger partial charge in [-0.15, -0.1) is 0 Å². The van der Waals surface area contributed by atoms with Gasteiger partial charge in [0.25, 0.3) is 5.91 Å². The lowest BCUT2D eigenvalue weighted by Crippen LogP contribution is -2.62. The first-order chi connectivity index (χ1) is 10.9. The van der Waals surface area contributed by atoms with E-state index in [0.29, 0.717) is 25.3 Å². The van der Waals surface area contributed by atoms with Crippen molar-refractivity contribution >= 4 is 11.8 Å². The van der Waals surface area contributed by atoms with Gasteiger partial charge in [-0.3, -0.25) is 14.6 Å². The summed E-state index contributed by atoms with van der Waals surface area (Å²) in [7, 11) is 0. The fourth-order valence-electron chi connectivity index (χ4n) is 3.35. The lowest BCUT2D eigenvalue weighted by molar-refractivity contribution is -0.136. The maximum Gasteiger partial charge on any atom is 0.273 e. The fourth-order valence-corrected chi connectivity index (χ4v) is 3.35. The molecule has 0 N–H and O–H groups in total. The molecule has 1 aromatic rings. The standard InChI is InChI=1S/C18H25N3O2/c1-4-13-6-5-9-19-15(13)17(23)21-11-10-20(12-18(21,2)3)16(22)14-7-8-14/h5-6,9,14H,4,7-8,10-12H2,1-3H3. The van der Waals surface area contributed by atoms with E-state index in [1.54, 1.807) is 6.20 Å².